The summed E-state index contributed by atoms with van der Waals surface area (Å²) < 4.78 is 11.3. The summed E-state index contributed by atoms with van der Waals surface area (Å²) in [4.78, 5) is 11.3. The van der Waals surface area contributed by atoms with Crippen LogP contribution in [0.25, 0.3) is 17.2 Å². The Morgan fingerprint density at radius 2 is 1.73 bits per heavy atom. The van der Waals surface area contributed by atoms with Crippen molar-refractivity contribution in [1.29, 1.82) is 0 Å². The van der Waals surface area contributed by atoms with E-state index in [4.69, 9.17) is 9.47 Å². The van der Waals surface area contributed by atoms with Crippen LogP contribution in [-0.2, 0) is 11.4 Å². The molecule has 4 rings (SSSR count). The standard InChI is InChI=1S/C26H22O4/c1-29-24-9-5-8-23-20(15-21(26(23)24)16-25(27)28)14-18-10-12-19(13-11-18)17-30-22-6-3-2-4-7-22/h2-15H,16-17H2,1H3,(H,27,28)/b20-14-. The zero-order chi connectivity index (χ0) is 20.9. The minimum absolute atomic E-state index is 0.0412. The topological polar surface area (TPSA) is 55.8 Å². The van der Waals surface area contributed by atoms with Gasteiger partial charge in [0, 0.05) is 5.56 Å². The number of hydrogen-bond acceptors (Lipinski definition) is 3. The molecule has 0 spiro atoms. The summed E-state index contributed by atoms with van der Waals surface area (Å²) in [5, 5.41) is 9.29. The Kier molecular flexibility index (Phi) is 5.66. The fraction of sp³-hybridized carbons (Fsp3) is 0.115. The van der Waals surface area contributed by atoms with Crippen LogP contribution in [0.15, 0.2) is 78.9 Å². The maximum Gasteiger partial charge on any atom is 0.307 e. The second kappa shape index (κ2) is 8.70. The molecule has 3 aromatic carbocycles. The molecule has 1 aliphatic carbocycles. The fourth-order valence-corrected chi connectivity index (χ4v) is 3.61. The maximum absolute atomic E-state index is 11.3. The number of carboxylic acids is 1. The average molecular weight is 398 g/mol. The molecule has 4 heteroatoms. The van der Waals surface area contributed by atoms with E-state index in [1.807, 2.05) is 78.9 Å². The maximum atomic E-state index is 11.3. The fourth-order valence-electron chi connectivity index (χ4n) is 3.61. The van der Waals surface area contributed by atoms with Crippen molar-refractivity contribution in [2.24, 2.45) is 0 Å². The number of methoxy groups -OCH3 is 1. The van der Waals surface area contributed by atoms with Crippen LogP contribution in [0, 0.1) is 0 Å². The lowest BCUT2D eigenvalue weighted by Gasteiger charge is -2.10. The van der Waals surface area contributed by atoms with Gasteiger partial charge in [0.2, 0.25) is 0 Å². The lowest BCUT2D eigenvalue weighted by molar-refractivity contribution is -0.135. The van der Waals surface area contributed by atoms with Crippen molar-refractivity contribution >= 4 is 23.2 Å². The highest BCUT2D eigenvalue weighted by Crippen LogP contribution is 2.43. The van der Waals surface area contributed by atoms with Crippen LogP contribution >= 0.6 is 0 Å². The molecule has 0 radical (unpaired) electrons. The first-order valence-electron chi connectivity index (χ1n) is 9.72. The van der Waals surface area contributed by atoms with E-state index in [0.717, 1.165) is 39.1 Å². The molecule has 0 saturated carbocycles. The Bertz CT molecular complexity index is 1110. The van der Waals surface area contributed by atoms with Gasteiger partial charge in [-0.05, 0) is 58.2 Å². The highest BCUT2D eigenvalue weighted by molar-refractivity contribution is 6.05. The van der Waals surface area contributed by atoms with Crippen molar-refractivity contribution in [1.82, 2.24) is 0 Å². The zero-order valence-electron chi connectivity index (χ0n) is 16.7. The SMILES string of the molecule is COc1cccc2c1C(CC(=O)O)=C/C2=C/c1ccc(COc2ccccc2)cc1. The second-order valence-electron chi connectivity index (χ2n) is 7.07. The quantitative estimate of drug-likeness (QED) is 0.556. The first-order chi connectivity index (χ1) is 14.6. The number of aliphatic carboxylic acids is 1. The summed E-state index contributed by atoms with van der Waals surface area (Å²) in [6, 6.07) is 23.7. The number of hydrogen-bond donors (Lipinski definition) is 1. The molecule has 0 atom stereocenters. The molecule has 0 unspecified atom stereocenters. The molecule has 1 N–H and O–H groups in total. The first kappa shape index (κ1) is 19.5. The van der Waals surface area contributed by atoms with Crippen LogP contribution in [0.2, 0.25) is 0 Å². The third kappa shape index (κ3) is 4.28. The Morgan fingerprint density at radius 3 is 2.43 bits per heavy atom. The van der Waals surface area contributed by atoms with Crippen LogP contribution in [0.4, 0.5) is 0 Å². The summed E-state index contributed by atoms with van der Waals surface area (Å²) in [7, 11) is 1.60. The van der Waals surface area contributed by atoms with E-state index in [2.05, 4.69) is 6.08 Å². The molecule has 0 aliphatic heterocycles. The van der Waals surface area contributed by atoms with Gasteiger partial charge in [-0.2, -0.15) is 0 Å². The van der Waals surface area contributed by atoms with Gasteiger partial charge in [-0.3, -0.25) is 4.79 Å². The van der Waals surface area contributed by atoms with E-state index in [-0.39, 0.29) is 6.42 Å². The van der Waals surface area contributed by atoms with Crippen LogP contribution in [0.5, 0.6) is 11.5 Å². The Hall–Kier alpha value is -3.79. The molecule has 1 aliphatic rings. The predicted octanol–water partition coefficient (Wildman–Crippen LogP) is 5.69. The van der Waals surface area contributed by atoms with Gasteiger partial charge in [0.25, 0.3) is 0 Å². The van der Waals surface area contributed by atoms with Crippen molar-refractivity contribution in [2.45, 2.75) is 13.0 Å². The van der Waals surface area contributed by atoms with Gasteiger partial charge in [0.15, 0.2) is 0 Å². The van der Waals surface area contributed by atoms with E-state index >= 15 is 0 Å². The molecule has 0 aromatic heterocycles. The van der Waals surface area contributed by atoms with Gasteiger partial charge in [-0.1, -0.05) is 54.6 Å². The molecule has 0 bridgehead atoms. The van der Waals surface area contributed by atoms with Crippen LogP contribution in [0.3, 0.4) is 0 Å². The Morgan fingerprint density at radius 1 is 0.967 bits per heavy atom. The minimum atomic E-state index is -0.859. The third-order valence-electron chi connectivity index (χ3n) is 5.00. The average Bonchev–Trinajstić information content (AvgIpc) is 3.10. The summed E-state index contributed by atoms with van der Waals surface area (Å²) in [5.41, 5.74) is 5.71. The summed E-state index contributed by atoms with van der Waals surface area (Å²) >= 11 is 0. The smallest absolute Gasteiger partial charge is 0.307 e. The van der Waals surface area contributed by atoms with Crippen LogP contribution < -0.4 is 9.47 Å². The Balaban J connectivity index is 1.57. The summed E-state index contributed by atoms with van der Waals surface area (Å²) in [6.07, 6.45) is 3.96. The highest BCUT2D eigenvalue weighted by Gasteiger charge is 2.23. The van der Waals surface area contributed by atoms with Crippen molar-refractivity contribution in [3.05, 3.63) is 101 Å². The van der Waals surface area contributed by atoms with E-state index in [9.17, 15) is 9.90 Å². The zero-order valence-corrected chi connectivity index (χ0v) is 16.7. The van der Waals surface area contributed by atoms with Crippen molar-refractivity contribution in [3.8, 4) is 11.5 Å². The Labute approximate surface area is 175 Å². The highest BCUT2D eigenvalue weighted by atomic mass is 16.5. The van der Waals surface area contributed by atoms with E-state index < -0.39 is 5.97 Å². The minimum Gasteiger partial charge on any atom is -0.496 e. The van der Waals surface area contributed by atoms with E-state index in [0.29, 0.717) is 12.4 Å². The molecule has 0 saturated heterocycles. The predicted molar refractivity (Wildman–Crippen MR) is 118 cm³/mol. The normalized spacial score (nSPS) is 13.6. The number of fused-ring (bicyclic) bond motifs is 1. The largest absolute Gasteiger partial charge is 0.496 e. The first-order valence-corrected chi connectivity index (χ1v) is 9.72. The van der Waals surface area contributed by atoms with Gasteiger partial charge in [-0.25, -0.2) is 0 Å². The third-order valence-corrected chi connectivity index (χ3v) is 5.00. The van der Waals surface area contributed by atoms with E-state index in [1.54, 1.807) is 7.11 Å². The van der Waals surface area contributed by atoms with Gasteiger partial charge < -0.3 is 14.6 Å². The van der Waals surface area contributed by atoms with Gasteiger partial charge in [0.05, 0.1) is 13.5 Å². The summed E-state index contributed by atoms with van der Waals surface area (Å²) in [5.74, 6) is 0.676. The number of para-hydroxylation sites is 1. The van der Waals surface area contributed by atoms with Crippen molar-refractivity contribution < 1.29 is 19.4 Å². The molecule has 0 fully saturated rings. The van der Waals surface area contributed by atoms with Crippen LogP contribution in [-0.4, -0.2) is 18.2 Å². The van der Waals surface area contributed by atoms with E-state index in [1.165, 1.54) is 0 Å². The van der Waals surface area contributed by atoms with Crippen molar-refractivity contribution in [2.75, 3.05) is 7.11 Å². The lowest BCUT2D eigenvalue weighted by atomic mass is 10.00. The number of ether oxygens (including phenoxy) is 2. The monoisotopic (exact) mass is 398 g/mol. The van der Waals surface area contributed by atoms with Gasteiger partial charge in [-0.15, -0.1) is 0 Å². The second-order valence-corrected chi connectivity index (χ2v) is 7.07. The number of carbonyl (C=O) groups is 1. The van der Waals surface area contributed by atoms with Crippen molar-refractivity contribution in [3.63, 3.8) is 0 Å². The molecule has 3 aromatic rings. The molecule has 0 heterocycles. The number of carboxylic acid groups (broad SMARTS) is 1. The summed E-state index contributed by atoms with van der Waals surface area (Å²) in [6.45, 7) is 0.504. The molecule has 150 valence electrons. The van der Waals surface area contributed by atoms with Gasteiger partial charge in [0.1, 0.15) is 18.1 Å². The lowest BCUT2D eigenvalue weighted by Crippen LogP contribution is -1.98. The molecular formula is C26H22O4. The number of benzene rings is 3. The molecule has 30 heavy (non-hydrogen) atoms. The number of allylic oxidation sites excluding steroid dienone is 2. The molecule has 0 amide bonds. The molecular weight excluding hydrogens is 376 g/mol. The molecule has 4 nitrogen and oxygen atoms in total. The number of rotatable bonds is 7. The van der Waals surface area contributed by atoms with Crippen LogP contribution in [0.1, 0.15) is 28.7 Å². The van der Waals surface area contributed by atoms with Gasteiger partial charge >= 0.3 is 5.97 Å².